The lowest BCUT2D eigenvalue weighted by Gasteiger charge is -2.33. The zero-order valence-corrected chi connectivity index (χ0v) is 13.9. The zero-order chi connectivity index (χ0) is 17.1. The molecule has 3 rings (SSSR count). The number of rotatable bonds is 4. The van der Waals surface area contributed by atoms with E-state index in [-0.39, 0.29) is 18.0 Å². The fraction of sp³-hybridized carbons (Fsp3) is 0.500. The summed E-state index contributed by atoms with van der Waals surface area (Å²) in [6.45, 7) is 3.73. The van der Waals surface area contributed by atoms with E-state index in [1.807, 2.05) is 18.0 Å². The van der Waals surface area contributed by atoms with Crippen LogP contribution in [0.2, 0.25) is 0 Å². The van der Waals surface area contributed by atoms with Gasteiger partial charge in [0.25, 0.3) is 0 Å². The largest absolute Gasteiger partial charge is 0.393 e. The number of nitrogens with zero attached hydrogens (tertiary/aromatic N) is 1. The number of hydrogen-bond acceptors (Lipinski definition) is 2. The summed E-state index contributed by atoms with van der Waals surface area (Å²) in [5.41, 5.74) is 1.84. The molecular weight excluding hydrogens is 309 g/mol. The Bertz CT molecular complexity index is 705. The van der Waals surface area contributed by atoms with Crippen LogP contribution in [-0.4, -0.2) is 46.8 Å². The average molecular weight is 333 g/mol. The van der Waals surface area contributed by atoms with E-state index in [1.165, 1.54) is 12.1 Å². The molecule has 24 heavy (non-hydrogen) atoms. The number of H-pyrrole nitrogens is 1. The van der Waals surface area contributed by atoms with Crippen LogP contribution in [0.15, 0.2) is 24.4 Å². The number of carbonyl (C=O) groups is 1. The van der Waals surface area contributed by atoms with E-state index >= 15 is 0 Å². The smallest absolute Gasteiger partial charge is 0.317 e. The van der Waals surface area contributed by atoms with E-state index in [0.29, 0.717) is 32.0 Å². The Morgan fingerprint density at radius 3 is 2.92 bits per heavy atom. The molecule has 1 aromatic carbocycles. The molecule has 0 saturated carbocycles. The van der Waals surface area contributed by atoms with Crippen molar-refractivity contribution in [3.8, 4) is 0 Å². The molecule has 3 N–H and O–H groups in total. The summed E-state index contributed by atoms with van der Waals surface area (Å²) in [6, 6.07) is 4.64. The Morgan fingerprint density at radius 2 is 2.21 bits per heavy atom. The normalized spacial score (nSPS) is 17.2. The highest BCUT2D eigenvalue weighted by atomic mass is 19.1. The predicted octanol–water partition coefficient (Wildman–Crippen LogP) is 2.65. The number of piperidine rings is 1. The van der Waals surface area contributed by atoms with E-state index in [0.717, 1.165) is 29.3 Å². The molecule has 2 heterocycles. The fourth-order valence-electron chi connectivity index (χ4n) is 3.37. The molecular formula is C18H24FN3O2. The molecule has 1 aliphatic heterocycles. The van der Waals surface area contributed by atoms with Gasteiger partial charge in [-0.3, -0.25) is 0 Å². The van der Waals surface area contributed by atoms with Gasteiger partial charge >= 0.3 is 6.03 Å². The summed E-state index contributed by atoms with van der Waals surface area (Å²) < 4.78 is 13.2. The van der Waals surface area contributed by atoms with Gasteiger partial charge in [-0.15, -0.1) is 0 Å². The quantitative estimate of drug-likeness (QED) is 0.805. The van der Waals surface area contributed by atoms with Crippen molar-refractivity contribution in [1.82, 2.24) is 15.2 Å². The third kappa shape index (κ3) is 3.70. The molecule has 5 nitrogen and oxygen atoms in total. The summed E-state index contributed by atoms with van der Waals surface area (Å²) >= 11 is 0. The summed E-state index contributed by atoms with van der Waals surface area (Å²) in [7, 11) is 0. The van der Waals surface area contributed by atoms with Crippen LogP contribution in [0.1, 0.15) is 25.3 Å². The molecule has 0 aliphatic carbocycles. The SMILES string of the molecule is CC(O)C1CCN(C(=O)NCCc2c[nH]c3cc(F)ccc23)CC1. The number of amides is 2. The molecule has 130 valence electrons. The highest BCUT2D eigenvalue weighted by molar-refractivity contribution is 5.83. The summed E-state index contributed by atoms with van der Waals surface area (Å²) in [4.78, 5) is 17.1. The van der Waals surface area contributed by atoms with Gasteiger partial charge in [-0.2, -0.15) is 0 Å². The van der Waals surface area contributed by atoms with Crippen molar-refractivity contribution in [3.63, 3.8) is 0 Å². The molecule has 0 bridgehead atoms. The summed E-state index contributed by atoms with van der Waals surface area (Å²) in [6.07, 6.45) is 3.95. The number of nitrogens with one attached hydrogen (secondary N) is 2. The Balaban J connectivity index is 1.48. The predicted molar refractivity (Wildman–Crippen MR) is 91.3 cm³/mol. The summed E-state index contributed by atoms with van der Waals surface area (Å²) in [5.74, 6) is 0.0328. The number of likely N-dealkylation sites (tertiary alicyclic amines) is 1. The van der Waals surface area contributed by atoms with Crippen LogP contribution < -0.4 is 5.32 Å². The minimum atomic E-state index is -0.304. The zero-order valence-electron chi connectivity index (χ0n) is 13.9. The number of aromatic amines is 1. The molecule has 0 radical (unpaired) electrons. The maximum absolute atomic E-state index is 13.2. The first-order valence-electron chi connectivity index (χ1n) is 8.51. The van der Waals surface area contributed by atoms with Crippen LogP contribution >= 0.6 is 0 Å². The summed E-state index contributed by atoms with van der Waals surface area (Å²) in [5, 5.41) is 13.5. The van der Waals surface area contributed by atoms with Gasteiger partial charge in [0.1, 0.15) is 5.82 Å². The molecule has 1 saturated heterocycles. The topological polar surface area (TPSA) is 68.4 Å². The van der Waals surface area contributed by atoms with Crippen LogP contribution in [-0.2, 0) is 6.42 Å². The van der Waals surface area contributed by atoms with Gasteiger partial charge < -0.3 is 20.3 Å². The molecule has 1 unspecified atom stereocenters. The Hall–Kier alpha value is -2.08. The van der Waals surface area contributed by atoms with E-state index in [4.69, 9.17) is 0 Å². The molecule has 0 spiro atoms. The van der Waals surface area contributed by atoms with E-state index in [1.54, 1.807) is 6.07 Å². The van der Waals surface area contributed by atoms with Crippen molar-refractivity contribution >= 4 is 16.9 Å². The molecule has 1 atom stereocenters. The maximum atomic E-state index is 13.2. The van der Waals surface area contributed by atoms with E-state index < -0.39 is 0 Å². The van der Waals surface area contributed by atoms with Gasteiger partial charge in [0.15, 0.2) is 0 Å². The van der Waals surface area contributed by atoms with Gasteiger partial charge in [-0.05, 0) is 55.9 Å². The number of aliphatic hydroxyl groups excluding tert-OH is 1. The second kappa shape index (κ2) is 7.21. The third-order valence-corrected chi connectivity index (χ3v) is 4.91. The van der Waals surface area contributed by atoms with Gasteiger partial charge in [0.05, 0.1) is 6.10 Å². The van der Waals surface area contributed by atoms with Crippen molar-refractivity contribution < 1.29 is 14.3 Å². The van der Waals surface area contributed by atoms with Crippen molar-refractivity contribution in [1.29, 1.82) is 0 Å². The number of benzene rings is 1. The Morgan fingerprint density at radius 1 is 1.46 bits per heavy atom. The number of halogens is 1. The van der Waals surface area contributed by atoms with Gasteiger partial charge in [0, 0.05) is 36.7 Å². The molecule has 2 amide bonds. The number of carbonyl (C=O) groups excluding carboxylic acids is 1. The van der Waals surface area contributed by atoms with Crippen LogP contribution in [0.25, 0.3) is 10.9 Å². The minimum Gasteiger partial charge on any atom is -0.393 e. The first kappa shape index (κ1) is 16.8. The van der Waals surface area contributed by atoms with Crippen molar-refractivity contribution in [2.75, 3.05) is 19.6 Å². The Kier molecular flexibility index (Phi) is 5.04. The van der Waals surface area contributed by atoms with Crippen LogP contribution in [0.5, 0.6) is 0 Å². The number of hydrogen-bond donors (Lipinski definition) is 3. The molecule has 1 aliphatic rings. The van der Waals surface area contributed by atoms with Crippen LogP contribution in [0, 0.1) is 11.7 Å². The van der Waals surface area contributed by atoms with Gasteiger partial charge in [-0.1, -0.05) is 0 Å². The fourth-order valence-corrected chi connectivity index (χ4v) is 3.37. The first-order chi connectivity index (χ1) is 11.5. The van der Waals surface area contributed by atoms with Crippen molar-refractivity contribution in [2.24, 2.45) is 5.92 Å². The van der Waals surface area contributed by atoms with E-state index in [9.17, 15) is 14.3 Å². The highest BCUT2D eigenvalue weighted by Crippen LogP contribution is 2.21. The lowest BCUT2D eigenvalue weighted by atomic mass is 9.92. The van der Waals surface area contributed by atoms with Crippen LogP contribution in [0.4, 0.5) is 9.18 Å². The minimum absolute atomic E-state index is 0.0510. The number of urea groups is 1. The van der Waals surface area contributed by atoms with Gasteiger partial charge in [0.2, 0.25) is 0 Å². The Labute approximate surface area is 140 Å². The second-order valence-corrected chi connectivity index (χ2v) is 6.55. The number of aliphatic hydroxyl groups is 1. The first-order valence-corrected chi connectivity index (χ1v) is 8.51. The maximum Gasteiger partial charge on any atom is 0.317 e. The monoisotopic (exact) mass is 333 g/mol. The van der Waals surface area contributed by atoms with Crippen molar-refractivity contribution in [3.05, 3.63) is 35.8 Å². The van der Waals surface area contributed by atoms with E-state index in [2.05, 4.69) is 10.3 Å². The third-order valence-electron chi connectivity index (χ3n) is 4.91. The second-order valence-electron chi connectivity index (χ2n) is 6.55. The lowest BCUT2D eigenvalue weighted by Crippen LogP contribution is -2.46. The molecule has 2 aromatic rings. The molecule has 6 heteroatoms. The highest BCUT2D eigenvalue weighted by Gasteiger charge is 2.25. The lowest BCUT2D eigenvalue weighted by molar-refractivity contribution is 0.0799. The standard InChI is InChI=1S/C18H24FN3O2/c1-12(23)13-5-8-22(9-6-13)18(24)20-7-4-14-11-21-17-10-15(19)2-3-16(14)17/h2-3,10-13,21,23H,4-9H2,1H3,(H,20,24). The number of aromatic nitrogens is 1. The average Bonchev–Trinajstić information content (AvgIpc) is 2.97. The number of fused-ring (bicyclic) bond motifs is 1. The van der Waals surface area contributed by atoms with Crippen LogP contribution in [0.3, 0.4) is 0 Å². The van der Waals surface area contributed by atoms with Gasteiger partial charge in [-0.25, -0.2) is 9.18 Å². The van der Waals surface area contributed by atoms with Crippen molar-refractivity contribution in [2.45, 2.75) is 32.3 Å². The molecule has 1 aromatic heterocycles. The molecule has 1 fully saturated rings.